The van der Waals surface area contributed by atoms with Crippen LogP contribution in [-0.4, -0.2) is 32.3 Å². The summed E-state index contributed by atoms with van der Waals surface area (Å²) in [6, 6.07) is 6.60. The minimum absolute atomic E-state index is 0.282. The summed E-state index contributed by atoms with van der Waals surface area (Å²) in [7, 11) is 0. The molecule has 3 aromatic rings. The molecule has 0 radical (unpaired) electrons. The molecule has 0 aliphatic rings. The molecular formula is C12H9N5O3S2. The molecule has 0 atom stereocenters. The quantitative estimate of drug-likeness (QED) is 0.307. The largest absolute Gasteiger partial charge is 0.433 e. The molecule has 0 aliphatic carbocycles. The van der Waals surface area contributed by atoms with Crippen molar-refractivity contribution in [2.45, 2.75) is 5.16 Å². The van der Waals surface area contributed by atoms with Crippen LogP contribution in [-0.2, 0) is 0 Å². The fraction of sp³-hybridized carbons (Fsp3) is 0.0833. The van der Waals surface area contributed by atoms with E-state index >= 15 is 0 Å². The van der Waals surface area contributed by atoms with Gasteiger partial charge in [0.15, 0.2) is 11.6 Å². The average Bonchev–Trinajstić information content (AvgIpc) is 3.24. The summed E-state index contributed by atoms with van der Waals surface area (Å²) in [6.45, 7) is 0. The third kappa shape index (κ3) is 2.78. The molecule has 8 nitrogen and oxygen atoms in total. The predicted octanol–water partition coefficient (Wildman–Crippen LogP) is 3.11. The second-order valence-corrected chi connectivity index (χ2v) is 5.70. The van der Waals surface area contributed by atoms with Crippen molar-refractivity contribution in [3.8, 4) is 10.7 Å². The normalized spacial score (nSPS) is 11.3. The van der Waals surface area contributed by atoms with Gasteiger partial charge >= 0.3 is 5.88 Å². The van der Waals surface area contributed by atoms with Crippen molar-refractivity contribution in [2.75, 3.05) is 6.26 Å². The molecule has 0 amide bonds. The number of thiophene rings is 1. The van der Waals surface area contributed by atoms with Gasteiger partial charge in [-0.3, -0.25) is 10.1 Å². The molecule has 3 heterocycles. The Hall–Kier alpha value is -2.46. The Morgan fingerprint density at radius 3 is 2.95 bits per heavy atom. The standard InChI is InChI=1S/C12H9N5O3S2/c1-21-12-15-14-11(9-3-2-6-22-9)16(12)13-7-8-4-5-10(20-8)17(18)19/h2-7H,1H3. The van der Waals surface area contributed by atoms with Gasteiger partial charge in [-0.25, -0.2) is 0 Å². The van der Waals surface area contributed by atoms with E-state index in [-0.39, 0.29) is 11.6 Å². The smallest absolute Gasteiger partial charge is 0.400 e. The zero-order valence-corrected chi connectivity index (χ0v) is 12.9. The Morgan fingerprint density at radius 2 is 2.32 bits per heavy atom. The highest BCUT2D eigenvalue weighted by atomic mass is 32.2. The van der Waals surface area contributed by atoms with Crippen LogP contribution in [0.1, 0.15) is 5.76 Å². The summed E-state index contributed by atoms with van der Waals surface area (Å²) >= 11 is 2.92. The van der Waals surface area contributed by atoms with Gasteiger partial charge in [0.1, 0.15) is 4.92 Å². The van der Waals surface area contributed by atoms with Crippen molar-refractivity contribution in [1.29, 1.82) is 0 Å². The van der Waals surface area contributed by atoms with Gasteiger partial charge in [-0.1, -0.05) is 17.8 Å². The van der Waals surface area contributed by atoms with E-state index in [1.54, 1.807) is 4.68 Å². The molecule has 0 saturated heterocycles. The van der Waals surface area contributed by atoms with E-state index in [2.05, 4.69) is 15.3 Å². The Bertz CT molecular complexity index is 822. The third-order valence-electron chi connectivity index (χ3n) is 2.63. The predicted molar refractivity (Wildman–Crippen MR) is 83.5 cm³/mol. The number of aromatic nitrogens is 3. The number of rotatable bonds is 5. The summed E-state index contributed by atoms with van der Waals surface area (Å²) in [5, 5.41) is 25.6. The van der Waals surface area contributed by atoms with Crippen LogP contribution in [0.4, 0.5) is 5.88 Å². The van der Waals surface area contributed by atoms with Crippen molar-refractivity contribution in [3.63, 3.8) is 0 Å². The molecule has 0 aromatic carbocycles. The number of nitro groups is 1. The maximum absolute atomic E-state index is 10.6. The van der Waals surface area contributed by atoms with Crippen molar-refractivity contribution in [2.24, 2.45) is 5.10 Å². The number of furan rings is 1. The first kappa shape index (κ1) is 14.5. The van der Waals surface area contributed by atoms with E-state index in [9.17, 15) is 10.1 Å². The lowest BCUT2D eigenvalue weighted by Gasteiger charge is -1.99. The molecule has 0 aliphatic heterocycles. The van der Waals surface area contributed by atoms with Crippen LogP contribution in [0.3, 0.4) is 0 Å². The van der Waals surface area contributed by atoms with Crippen LogP contribution in [0.2, 0.25) is 0 Å². The Labute approximate surface area is 132 Å². The van der Waals surface area contributed by atoms with Gasteiger partial charge in [0.25, 0.3) is 0 Å². The Balaban J connectivity index is 1.95. The molecule has 0 spiro atoms. The zero-order chi connectivity index (χ0) is 15.5. The van der Waals surface area contributed by atoms with Crippen LogP contribution < -0.4 is 0 Å². The molecule has 3 rings (SSSR count). The summed E-state index contributed by atoms with van der Waals surface area (Å²) < 4.78 is 6.61. The second kappa shape index (κ2) is 6.12. The maximum atomic E-state index is 10.6. The summed E-state index contributed by atoms with van der Waals surface area (Å²) in [4.78, 5) is 10.9. The van der Waals surface area contributed by atoms with Crippen molar-refractivity contribution >= 4 is 35.2 Å². The number of hydrogen-bond donors (Lipinski definition) is 0. The van der Waals surface area contributed by atoms with Crippen molar-refractivity contribution in [3.05, 3.63) is 45.5 Å². The molecule has 112 valence electrons. The van der Waals surface area contributed by atoms with Gasteiger partial charge in [-0.15, -0.1) is 21.5 Å². The molecular weight excluding hydrogens is 326 g/mol. The highest BCUT2D eigenvalue weighted by Gasteiger charge is 2.14. The van der Waals surface area contributed by atoms with E-state index in [0.29, 0.717) is 11.0 Å². The topological polar surface area (TPSA) is 99.3 Å². The molecule has 3 aromatic heterocycles. The first-order valence-corrected chi connectivity index (χ1v) is 8.11. The van der Waals surface area contributed by atoms with E-state index in [1.165, 1.54) is 41.4 Å². The highest BCUT2D eigenvalue weighted by molar-refractivity contribution is 7.98. The lowest BCUT2D eigenvalue weighted by Crippen LogP contribution is -1.95. The third-order valence-corrected chi connectivity index (χ3v) is 4.11. The fourth-order valence-corrected chi connectivity index (χ4v) is 2.80. The van der Waals surface area contributed by atoms with Gasteiger partial charge in [0.05, 0.1) is 17.2 Å². The molecule has 0 saturated carbocycles. The first-order valence-electron chi connectivity index (χ1n) is 6.01. The maximum Gasteiger partial charge on any atom is 0.433 e. The van der Waals surface area contributed by atoms with Crippen molar-refractivity contribution < 1.29 is 9.34 Å². The summed E-state index contributed by atoms with van der Waals surface area (Å²) in [6.07, 6.45) is 3.26. The van der Waals surface area contributed by atoms with E-state index < -0.39 is 4.92 Å². The minimum Gasteiger partial charge on any atom is -0.400 e. The number of nitrogens with zero attached hydrogens (tertiary/aromatic N) is 5. The van der Waals surface area contributed by atoms with E-state index in [1.807, 2.05) is 23.8 Å². The van der Waals surface area contributed by atoms with Gasteiger partial charge in [0.2, 0.25) is 5.16 Å². The van der Waals surface area contributed by atoms with Crippen LogP contribution in [0.5, 0.6) is 0 Å². The van der Waals surface area contributed by atoms with Crippen LogP contribution in [0, 0.1) is 10.1 Å². The minimum atomic E-state index is -0.597. The average molecular weight is 335 g/mol. The fourth-order valence-electron chi connectivity index (χ4n) is 1.68. The highest BCUT2D eigenvalue weighted by Crippen LogP contribution is 2.26. The monoisotopic (exact) mass is 335 g/mol. The van der Waals surface area contributed by atoms with Gasteiger partial charge in [-0.05, 0) is 23.8 Å². The molecule has 10 heteroatoms. The second-order valence-electron chi connectivity index (χ2n) is 3.98. The lowest BCUT2D eigenvalue weighted by atomic mass is 10.4. The molecule has 22 heavy (non-hydrogen) atoms. The molecule has 0 bridgehead atoms. The molecule has 0 N–H and O–H groups in total. The Kier molecular flexibility index (Phi) is 4.02. The van der Waals surface area contributed by atoms with Crippen LogP contribution >= 0.6 is 23.1 Å². The molecule has 0 unspecified atom stereocenters. The lowest BCUT2D eigenvalue weighted by molar-refractivity contribution is -0.402. The first-order chi connectivity index (χ1) is 10.7. The van der Waals surface area contributed by atoms with Gasteiger partial charge in [-0.2, -0.15) is 9.78 Å². The van der Waals surface area contributed by atoms with E-state index in [0.717, 1.165) is 4.88 Å². The molecule has 0 fully saturated rings. The van der Waals surface area contributed by atoms with Crippen LogP contribution in [0.25, 0.3) is 10.7 Å². The SMILES string of the molecule is CSc1nnc(-c2cccs2)n1N=Cc1ccc([N+](=O)[O-])o1. The van der Waals surface area contributed by atoms with Crippen LogP contribution in [0.15, 0.2) is 44.3 Å². The summed E-state index contributed by atoms with van der Waals surface area (Å²) in [5.74, 6) is 0.565. The zero-order valence-electron chi connectivity index (χ0n) is 11.2. The van der Waals surface area contributed by atoms with E-state index in [4.69, 9.17) is 4.42 Å². The summed E-state index contributed by atoms with van der Waals surface area (Å²) in [5.41, 5.74) is 0. The number of thioether (sulfide) groups is 1. The van der Waals surface area contributed by atoms with Gasteiger partial charge < -0.3 is 4.42 Å². The van der Waals surface area contributed by atoms with Gasteiger partial charge in [0, 0.05) is 0 Å². The number of hydrogen-bond acceptors (Lipinski definition) is 8. The Morgan fingerprint density at radius 1 is 1.45 bits per heavy atom. The van der Waals surface area contributed by atoms with Crippen molar-refractivity contribution in [1.82, 2.24) is 14.9 Å².